The molecule has 3 aromatic rings. The lowest BCUT2D eigenvalue weighted by Crippen LogP contribution is -2.26. The number of thiophene rings is 1. The second-order valence-electron chi connectivity index (χ2n) is 5.01. The highest BCUT2D eigenvalue weighted by molar-refractivity contribution is 7.13. The molecule has 130 valence electrons. The standard InChI is InChI=1S/C16H15N3O5S/c1-22-7-6-19-15(20)5-4-12(17-19)16(21)23-10-11-9-13(24-18-11)14-3-2-8-25-14/h2-5,8-9H,6-7,10H2,1H3. The lowest BCUT2D eigenvalue weighted by atomic mass is 10.3. The number of methoxy groups -OCH3 is 1. The van der Waals surface area contributed by atoms with E-state index in [4.69, 9.17) is 14.0 Å². The molecule has 0 saturated carbocycles. The molecule has 8 nitrogen and oxygen atoms in total. The van der Waals surface area contributed by atoms with Gasteiger partial charge >= 0.3 is 5.97 Å². The largest absolute Gasteiger partial charge is 0.454 e. The molecule has 0 aromatic carbocycles. The van der Waals surface area contributed by atoms with Gasteiger partial charge in [-0.1, -0.05) is 11.2 Å². The summed E-state index contributed by atoms with van der Waals surface area (Å²) in [6.07, 6.45) is 0. The van der Waals surface area contributed by atoms with E-state index < -0.39 is 5.97 Å². The summed E-state index contributed by atoms with van der Waals surface area (Å²) >= 11 is 1.53. The zero-order valence-corrected chi connectivity index (χ0v) is 14.2. The maximum Gasteiger partial charge on any atom is 0.359 e. The first-order chi connectivity index (χ1) is 12.2. The molecule has 0 radical (unpaired) electrons. The van der Waals surface area contributed by atoms with Crippen LogP contribution in [0.1, 0.15) is 16.2 Å². The van der Waals surface area contributed by atoms with Gasteiger partial charge in [0.1, 0.15) is 12.3 Å². The van der Waals surface area contributed by atoms with E-state index in [2.05, 4.69) is 10.3 Å². The molecule has 0 N–H and O–H groups in total. The van der Waals surface area contributed by atoms with Crippen LogP contribution >= 0.6 is 11.3 Å². The van der Waals surface area contributed by atoms with Gasteiger partial charge in [0.15, 0.2) is 11.5 Å². The highest BCUT2D eigenvalue weighted by Crippen LogP contribution is 2.25. The molecule has 0 spiro atoms. The summed E-state index contributed by atoms with van der Waals surface area (Å²) < 4.78 is 16.5. The smallest absolute Gasteiger partial charge is 0.359 e. The number of carbonyl (C=O) groups is 1. The first kappa shape index (κ1) is 17.1. The minimum absolute atomic E-state index is 0.0395. The van der Waals surface area contributed by atoms with Gasteiger partial charge in [-0.15, -0.1) is 11.3 Å². The molecule has 0 saturated heterocycles. The van der Waals surface area contributed by atoms with Crippen LogP contribution in [0.25, 0.3) is 10.6 Å². The Morgan fingerprint density at radius 3 is 3.00 bits per heavy atom. The molecule has 0 fully saturated rings. The van der Waals surface area contributed by atoms with Gasteiger partial charge in [-0.3, -0.25) is 4.79 Å². The normalized spacial score (nSPS) is 10.8. The maximum absolute atomic E-state index is 12.1. The van der Waals surface area contributed by atoms with Gasteiger partial charge in [0.05, 0.1) is 18.0 Å². The van der Waals surface area contributed by atoms with Crippen LogP contribution in [0.15, 0.2) is 45.0 Å². The van der Waals surface area contributed by atoms with Gasteiger partial charge in [-0.25, -0.2) is 9.48 Å². The van der Waals surface area contributed by atoms with Crippen LogP contribution in [-0.4, -0.2) is 34.6 Å². The molecule has 0 aliphatic heterocycles. The fourth-order valence-corrected chi connectivity index (χ4v) is 2.70. The second-order valence-corrected chi connectivity index (χ2v) is 5.96. The number of aromatic nitrogens is 3. The van der Waals surface area contributed by atoms with Gasteiger partial charge in [-0.2, -0.15) is 5.10 Å². The Morgan fingerprint density at radius 1 is 1.36 bits per heavy atom. The Morgan fingerprint density at radius 2 is 2.24 bits per heavy atom. The summed E-state index contributed by atoms with van der Waals surface area (Å²) in [4.78, 5) is 24.7. The lowest BCUT2D eigenvalue weighted by molar-refractivity contribution is 0.0453. The van der Waals surface area contributed by atoms with E-state index in [1.54, 1.807) is 6.07 Å². The van der Waals surface area contributed by atoms with Crippen LogP contribution in [0.2, 0.25) is 0 Å². The van der Waals surface area contributed by atoms with Crippen molar-refractivity contribution < 1.29 is 18.8 Å². The van der Waals surface area contributed by atoms with E-state index in [9.17, 15) is 9.59 Å². The molecule has 3 heterocycles. The number of esters is 1. The van der Waals surface area contributed by atoms with E-state index >= 15 is 0 Å². The van der Waals surface area contributed by atoms with Crippen molar-refractivity contribution in [2.75, 3.05) is 13.7 Å². The van der Waals surface area contributed by atoms with Gasteiger partial charge in [0, 0.05) is 19.2 Å². The number of nitrogens with zero attached hydrogens (tertiary/aromatic N) is 3. The van der Waals surface area contributed by atoms with Crippen molar-refractivity contribution in [3.05, 3.63) is 57.5 Å². The van der Waals surface area contributed by atoms with Crippen LogP contribution in [0, 0.1) is 0 Å². The van der Waals surface area contributed by atoms with Crippen LogP contribution in [-0.2, 0) is 22.6 Å². The monoisotopic (exact) mass is 361 g/mol. The number of rotatable bonds is 7. The van der Waals surface area contributed by atoms with E-state index in [1.165, 1.54) is 30.6 Å². The molecule has 3 aromatic heterocycles. The van der Waals surface area contributed by atoms with Crippen molar-refractivity contribution in [2.24, 2.45) is 0 Å². The molecule has 0 aliphatic rings. The highest BCUT2D eigenvalue weighted by atomic mass is 32.1. The average Bonchev–Trinajstić information content (AvgIpc) is 3.30. The molecule has 0 amide bonds. The highest BCUT2D eigenvalue weighted by Gasteiger charge is 2.14. The molecular formula is C16H15N3O5S. The predicted octanol–water partition coefficient (Wildman–Crippen LogP) is 1.96. The van der Waals surface area contributed by atoms with Crippen LogP contribution in [0.4, 0.5) is 0 Å². The van der Waals surface area contributed by atoms with E-state index in [0.29, 0.717) is 18.1 Å². The molecule has 0 unspecified atom stereocenters. The number of hydrogen-bond donors (Lipinski definition) is 0. The van der Waals surface area contributed by atoms with Crippen LogP contribution in [0.5, 0.6) is 0 Å². The van der Waals surface area contributed by atoms with E-state index in [1.807, 2.05) is 17.5 Å². The van der Waals surface area contributed by atoms with Crippen molar-refractivity contribution in [1.82, 2.24) is 14.9 Å². The summed E-state index contributed by atoms with van der Waals surface area (Å²) in [5.74, 6) is -0.0286. The van der Waals surface area contributed by atoms with Gasteiger partial charge in [0.2, 0.25) is 0 Å². The molecule has 25 heavy (non-hydrogen) atoms. The molecular weight excluding hydrogens is 346 g/mol. The van der Waals surface area contributed by atoms with Crippen molar-refractivity contribution >= 4 is 17.3 Å². The van der Waals surface area contributed by atoms with Crippen molar-refractivity contribution in [3.63, 3.8) is 0 Å². The van der Waals surface area contributed by atoms with E-state index in [-0.39, 0.29) is 24.4 Å². The molecule has 9 heteroatoms. The van der Waals surface area contributed by atoms with Crippen LogP contribution in [0.3, 0.4) is 0 Å². The summed E-state index contributed by atoms with van der Waals surface area (Å²) in [6, 6.07) is 8.13. The summed E-state index contributed by atoms with van der Waals surface area (Å²) in [7, 11) is 1.52. The number of carbonyl (C=O) groups excluding carboxylic acids is 1. The molecule has 3 rings (SSSR count). The first-order valence-electron chi connectivity index (χ1n) is 7.41. The molecule has 0 bridgehead atoms. The Hall–Kier alpha value is -2.78. The Balaban J connectivity index is 1.64. The first-order valence-corrected chi connectivity index (χ1v) is 8.29. The summed E-state index contributed by atoms with van der Waals surface area (Å²) in [5.41, 5.74) is 0.216. The molecule has 0 atom stereocenters. The van der Waals surface area contributed by atoms with Gasteiger partial charge in [0.25, 0.3) is 5.56 Å². The topological polar surface area (TPSA) is 96.5 Å². The van der Waals surface area contributed by atoms with Crippen LogP contribution < -0.4 is 5.56 Å². The zero-order chi connectivity index (χ0) is 17.6. The van der Waals surface area contributed by atoms with Gasteiger partial charge < -0.3 is 14.0 Å². The van der Waals surface area contributed by atoms with Crippen molar-refractivity contribution in [3.8, 4) is 10.6 Å². The third-order valence-electron chi connectivity index (χ3n) is 3.26. The maximum atomic E-state index is 12.1. The minimum Gasteiger partial charge on any atom is -0.454 e. The van der Waals surface area contributed by atoms with Crippen molar-refractivity contribution in [1.29, 1.82) is 0 Å². The van der Waals surface area contributed by atoms with E-state index in [0.717, 1.165) is 9.56 Å². The Bertz CT molecular complexity index is 901. The quantitative estimate of drug-likeness (QED) is 0.594. The summed E-state index contributed by atoms with van der Waals surface area (Å²) in [6.45, 7) is 0.520. The summed E-state index contributed by atoms with van der Waals surface area (Å²) in [5, 5.41) is 9.78. The van der Waals surface area contributed by atoms with Crippen molar-refractivity contribution in [2.45, 2.75) is 13.2 Å². The third-order valence-corrected chi connectivity index (χ3v) is 4.14. The lowest BCUT2D eigenvalue weighted by Gasteiger charge is -2.06. The average molecular weight is 361 g/mol. The number of ether oxygens (including phenoxy) is 2. The van der Waals surface area contributed by atoms with Gasteiger partial charge in [-0.05, 0) is 17.5 Å². The SMILES string of the molecule is COCCn1nc(C(=O)OCc2cc(-c3cccs3)on2)ccc1=O. The third kappa shape index (κ3) is 4.20. The fraction of sp³-hybridized carbons (Fsp3) is 0.250. The minimum atomic E-state index is -0.646. The fourth-order valence-electron chi connectivity index (χ4n) is 2.02. The predicted molar refractivity (Wildman–Crippen MR) is 89.3 cm³/mol. The Labute approximate surface area is 146 Å². The zero-order valence-electron chi connectivity index (χ0n) is 13.4. The number of hydrogen-bond acceptors (Lipinski definition) is 8. The second kappa shape index (κ2) is 7.86. The molecule has 0 aliphatic carbocycles. The Kier molecular flexibility index (Phi) is 5.36.